The molecule has 2 atom stereocenters. The van der Waals surface area contributed by atoms with Crippen molar-refractivity contribution in [3.8, 4) is 22.5 Å². The van der Waals surface area contributed by atoms with Gasteiger partial charge in [0.25, 0.3) is 0 Å². The van der Waals surface area contributed by atoms with E-state index in [4.69, 9.17) is 0 Å². The molecular weight excluding hydrogens is 690 g/mol. The summed E-state index contributed by atoms with van der Waals surface area (Å²) in [5.41, 5.74) is 3.36. The van der Waals surface area contributed by atoms with Crippen LogP contribution in [0.25, 0.3) is 33.9 Å². The zero-order valence-electron chi connectivity index (χ0n) is 27.4. The summed E-state index contributed by atoms with van der Waals surface area (Å²) >= 11 is 0. The monoisotopic (exact) mass is 720 g/mol. The molecule has 52 heavy (non-hydrogen) atoms. The molecule has 0 N–H and O–H groups in total. The highest BCUT2D eigenvalue weighted by molar-refractivity contribution is 5.79. The van der Waals surface area contributed by atoms with Crippen LogP contribution in [0.3, 0.4) is 0 Å². The average molecular weight is 721 g/mol. The van der Waals surface area contributed by atoms with E-state index in [1.54, 1.807) is 39.5 Å². The van der Waals surface area contributed by atoms with Crippen molar-refractivity contribution >= 4 is 23.2 Å². The second-order valence-electron chi connectivity index (χ2n) is 12.6. The number of carbonyl (C=O) groups is 2. The molecule has 4 aromatic heterocycles. The maximum absolute atomic E-state index is 13.4. The molecule has 0 unspecified atom stereocenters. The molecule has 8 rings (SSSR count). The lowest BCUT2D eigenvalue weighted by molar-refractivity contribution is -0.130. The Labute approximate surface area is 292 Å². The number of fused-ring (bicyclic) bond motifs is 2. The fraction of sp³-hybridized carbons (Fsp3) is 0.278. The molecule has 2 aliphatic rings. The van der Waals surface area contributed by atoms with Crippen molar-refractivity contribution in [2.24, 2.45) is 0 Å². The van der Waals surface area contributed by atoms with Gasteiger partial charge in [0.1, 0.15) is 24.3 Å². The molecular formula is C36H30F6N8O2. The van der Waals surface area contributed by atoms with E-state index < -0.39 is 35.6 Å². The number of amides is 2. The standard InChI is InChI=1S/2C18H15F3N4O/c19-12-3-5-24(9-12)17(26)8-13-4-6-25-10-16(23-18(25)22-13)11-1-2-14(20)15(21)7-11;19-12-3-4-24(8-12)18(26)7-13-6-17-23-16(9-25(17)10-22-13)11-1-2-14(20)15(21)5-11/h1-2,4,6-7,10,12H,3,5,8-9H2;1-2,5-6,9-10,12H,3-4,7-8H2/t2*12-/m00/s1. The minimum absolute atomic E-state index is 0.0661. The van der Waals surface area contributed by atoms with Crippen molar-refractivity contribution in [1.29, 1.82) is 0 Å². The van der Waals surface area contributed by atoms with Crippen molar-refractivity contribution < 1.29 is 35.9 Å². The molecule has 0 aliphatic carbocycles. The minimum atomic E-state index is -0.958. The molecule has 2 fully saturated rings. The summed E-state index contributed by atoms with van der Waals surface area (Å²) in [6.07, 6.45) is 5.46. The Kier molecular flexibility index (Phi) is 9.62. The Bertz CT molecular complexity index is 2130. The molecule has 16 heteroatoms. The largest absolute Gasteiger partial charge is 0.339 e. The van der Waals surface area contributed by atoms with Gasteiger partial charge in [0, 0.05) is 48.9 Å². The normalized spacial score (nSPS) is 17.2. The van der Waals surface area contributed by atoms with Crippen LogP contribution in [-0.2, 0) is 22.4 Å². The van der Waals surface area contributed by atoms with E-state index in [1.165, 1.54) is 28.3 Å². The van der Waals surface area contributed by atoms with Gasteiger partial charge in [0.05, 0.1) is 48.7 Å². The first-order valence-electron chi connectivity index (χ1n) is 16.4. The summed E-state index contributed by atoms with van der Waals surface area (Å²) in [7, 11) is 0. The quantitative estimate of drug-likeness (QED) is 0.209. The van der Waals surface area contributed by atoms with Gasteiger partial charge in [0.15, 0.2) is 23.3 Å². The van der Waals surface area contributed by atoms with Gasteiger partial charge in [-0.2, -0.15) is 0 Å². The van der Waals surface area contributed by atoms with Crippen molar-refractivity contribution in [2.75, 3.05) is 26.2 Å². The molecule has 0 bridgehead atoms. The highest BCUT2D eigenvalue weighted by Crippen LogP contribution is 2.23. The van der Waals surface area contributed by atoms with Gasteiger partial charge in [-0.15, -0.1) is 0 Å². The molecule has 2 saturated heterocycles. The number of hydrogen-bond donors (Lipinski definition) is 0. The highest BCUT2D eigenvalue weighted by atomic mass is 19.2. The van der Waals surface area contributed by atoms with Gasteiger partial charge in [-0.3, -0.25) is 18.4 Å². The molecule has 268 valence electrons. The molecule has 6 heterocycles. The summed E-state index contributed by atoms with van der Waals surface area (Å²) in [6.45, 7) is 1.10. The summed E-state index contributed by atoms with van der Waals surface area (Å²) < 4.78 is 82.7. The lowest BCUT2D eigenvalue weighted by Gasteiger charge is -2.14. The van der Waals surface area contributed by atoms with Crippen LogP contribution in [0.2, 0.25) is 0 Å². The topological polar surface area (TPSA) is 101 Å². The van der Waals surface area contributed by atoms with Gasteiger partial charge in [-0.1, -0.05) is 0 Å². The molecule has 10 nitrogen and oxygen atoms in total. The molecule has 0 saturated carbocycles. The zero-order valence-corrected chi connectivity index (χ0v) is 27.4. The van der Waals surface area contributed by atoms with Crippen LogP contribution >= 0.6 is 0 Å². The fourth-order valence-corrected chi connectivity index (χ4v) is 6.04. The Morgan fingerprint density at radius 1 is 0.654 bits per heavy atom. The Hall–Kier alpha value is -5.80. The number of halogens is 6. The molecule has 2 amide bonds. The van der Waals surface area contributed by atoms with E-state index in [9.17, 15) is 35.9 Å². The van der Waals surface area contributed by atoms with E-state index >= 15 is 0 Å². The number of benzene rings is 2. The number of likely N-dealkylation sites (tertiary alicyclic amines) is 2. The summed E-state index contributed by atoms with van der Waals surface area (Å²) in [6, 6.07) is 10.5. The third-order valence-electron chi connectivity index (χ3n) is 8.85. The van der Waals surface area contributed by atoms with Crippen LogP contribution in [0.1, 0.15) is 24.2 Å². The average Bonchev–Trinajstić information content (AvgIpc) is 3.94. The van der Waals surface area contributed by atoms with Crippen molar-refractivity contribution in [3.63, 3.8) is 0 Å². The number of nitrogens with zero attached hydrogens (tertiary/aromatic N) is 8. The number of rotatable bonds is 6. The SMILES string of the molecule is O=C(Cc1cc2nc(-c3ccc(F)c(F)c3)cn2cn1)N1CC[C@H](F)C1.O=C(Cc1ccn2cc(-c3ccc(F)c(F)c3)nc2n1)N1CC[C@H](F)C1. The van der Waals surface area contributed by atoms with E-state index in [0.29, 0.717) is 71.3 Å². The molecule has 0 spiro atoms. The number of hydrogen-bond acceptors (Lipinski definition) is 6. The fourth-order valence-electron chi connectivity index (χ4n) is 6.04. The first-order valence-corrected chi connectivity index (χ1v) is 16.4. The molecule has 2 aromatic carbocycles. The van der Waals surface area contributed by atoms with E-state index in [-0.39, 0.29) is 37.7 Å². The van der Waals surface area contributed by atoms with Crippen LogP contribution in [0.15, 0.2) is 73.4 Å². The predicted octanol–water partition coefficient (Wildman–Crippen LogP) is 5.57. The van der Waals surface area contributed by atoms with Crippen molar-refractivity contribution in [3.05, 3.63) is 108 Å². The van der Waals surface area contributed by atoms with Crippen molar-refractivity contribution in [2.45, 2.75) is 38.0 Å². The van der Waals surface area contributed by atoms with E-state index in [0.717, 1.165) is 24.3 Å². The van der Waals surface area contributed by atoms with Crippen LogP contribution in [-0.4, -0.2) is 88.9 Å². The molecule has 6 aromatic rings. The number of aromatic nitrogens is 6. The van der Waals surface area contributed by atoms with Gasteiger partial charge in [0.2, 0.25) is 17.6 Å². The summed E-state index contributed by atoms with van der Waals surface area (Å²) in [4.78, 5) is 44.7. The zero-order chi connectivity index (χ0) is 36.5. The highest BCUT2D eigenvalue weighted by Gasteiger charge is 2.27. The summed E-state index contributed by atoms with van der Waals surface area (Å²) in [5.74, 6) is -3.73. The number of carbonyl (C=O) groups excluding carboxylic acids is 2. The lowest BCUT2D eigenvalue weighted by atomic mass is 10.1. The molecule has 0 radical (unpaired) electrons. The second-order valence-corrected chi connectivity index (χ2v) is 12.6. The number of alkyl halides is 2. The number of imidazole rings is 2. The third kappa shape index (κ3) is 7.60. The van der Waals surface area contributed by atoms with E-state index in [2.05, 4.69) is 19.9 Å². The predicted molar refractivity (Wildman–Crippen MR) is 176 cm³/mol. The van der Waals surface area contributed by atoms with Gasteiger partial charge in [-0.05, 0) is 55.3 Å². The Balaban J connectivity index is 0.000000162. The van der Waals surface area contributed by atoms with Crippen LogP contribution in [0.5, 0.6) is 0 Å². The maximum Gasteiger partial charge on any atom is 0.234 e. The first kappa shape index (κ1) is 34.6. The minimum Gasteiger partial charge on any atom is -0.339 e. The maximum atomic E-state index is 13.4. The van der Waals surface area contributed by atoms with Crippen LogP contribution in [0, 0.1) is 23.3 Å². The smallest absolute Gasteiger partial charge is 0.234 e. The van der Waals surface area contributed by atoms with Crippen LogP contribution < -0.4 is 0 Å². The van der Waals surface area contributed by atoms with Crippen molar-refractivity contribution in [1.82, 2.24) is 38.5 Å². The Morgan fingerprint density at radius 2 is 1.21 bits per heavy atom. The van der Waals surface area contributed by atoms with Gasteiger partial charge >= 0.3 is 0 Å². The first-order chi connectivity index (χ1) is 25.0. The molecule has 2 aliphatic heterocycles. The lowest BCUT2D eigenvalue weighted by Crippen LogP contribution is -2.30. The van der Waals surface area contributed by atoms with Crippen LogP contribution in [0.4, 0.5) is 26.3 Å². The third-order valence-corrected chi connectivity index (χ3v) is 8.85. The Morgan fingerprint density at radius 3 is 1.77 bits per heavy atom. The summed E-state index contributed by atoms with van der Waals surface area (Å²) in [5, 5.41) is 0. The second kappa shape index (κ2) is 14.4. The van der Waals surface area contributed by atoms with Gasteiger partial charge < -0.3 is 9.80 Å². The van der Waals surface area contributed by atoms with Gasteiger partial charge in [-0.25, -0.2) is 46.3 Å². The van der Waals surface area contributed by atoms with E-state index in [1.807, 2.05) is 0 Å².